The molecule has 1 aliphatic rings. The van der Waals surface area contributed by atoms with Crippen molar-refractivity contribution in [2.75, 3.05) is 13.1 Å². The molecule has 0 spiro atoms. The molecule has 142 valence electrons. The van der Waals surface area contributed by atoms with E-state index in [1.807, 2.05) is 13.8 Å². The third kappa shape index (κ3) is 5.61. The van der Waals surface area contributed by atoms with E-state index in [0.717, 1.165) is 6.42 Å². The Hall–Kier alpha value is -2.32. The molecule has 25 heavy (non-hydrogen) atoms. The number of nitrogens with two attached hydrogens (primary N) is 2. The standard InChI is InChI=1S/C16H29N5O4/c1-4-6-21(5-2)14(23)13(19-9(3)22)11-7-10(15(24)25)8-12(11)20-16(17)18/h10-13H,4-8H2,1-3H3,(H,19,22)(H,24,25)(H4,17,18,20)/t10?,11-,12-,13?/m0/s1. The van der Waals surface area contributed by atoms with Gasteiger partial charge in [0.2, 0.25) is 11.8 Å². The number of rotatable bonds is 8. The van der Waals surface area contributed by atoms with E-state index in [1.165, 1.54) is 6.92 Å². The Morgan fingerprint density at radius 3 is 2.36 bits per heavy atom. The lowest BCUT2D eigenvalue weighted by Gasteiger charge is -2.31. The molecule has 2 amide bonds. The third-order valence-electron chi connectivity index (χ3n) is 4.48. The van der Waals surface area contributed by atoms with Crippen LogP contribution in [-0.2, 0) is 14.4 Å². The smallest absolute Gasteiger partial charge is 0.306 e. The number of nitrogens with one attached hydrogen (secondary N) is 1. The Morgan fingerprint density at radius 1 is 1.28 bits per heavy atom. The van der Waals surface area contributed by atoms with Gasteiger partial charge in [0.15, 0.2) is 5.96 Å². The van der Waals surface area contributed by atoms with Crippen molar-refractivity contribution in [2.45, 2.75) is 52.1 Å². The number of likely N-dealkylation sites (N-methyl/N-ethyl adjacent to an activating group) is 1. The van der Waals surface area contributed by atoms with Crippen molar-refractivity contribution < 1.29 is 19.5 Å². The summed E-state index contributed by atoms with van der Waals surface area (Å²) in [5.41, 5.74) is 10.9. The fraction of sp³-hybridized carbons (Fsp3) is 0.750. The predicted molar refractivity (Wildman–Crippen MR) is 93.6 cm³/mol. The number of aliphatic carboxylic acids is 1. The second-order valence-corrected chi connectivity index (χ2v) is 6.39. The largest absolute Gasteiger partial charge is 0.481 e. The summed E-state index contributed by atoms with van der Waals surface area (Å²) in [6.45, 7) is 6.22. The van der Waals surface area contributed by atoms with E-state index in [1.54, 1.807) is 4.90 Å². The number of hydrogen-bond donors (Lipinski definition) is 4. The minimum atomic E-state index is -0.951. The number of nitrogens with zero attached hydrogens (tertiary/aromatic N) is 2. The molecule has 0 bridgehead atoms. The van der Waals surface area contributed by atoms with Gasteiger partial charge in [0.1, 0.15) is 6.04 Å². The van der Waals surface area contributed by atoms with Crippen LogP contribution in [-0.4, -0.2) is 58.9 Å². The van der Waals surface area contributed by atoms with Crippen molar-refractivity contribution in [3.05, 3.63) is 0 Å². The fourth-order valence-electron chi connectivity index (χ4n) is 3.41. The molecule has 1 saturated carbocycles. The van der Waals surface area contributed by atoms with Gasteiger partial charge >= 0.3 is 5.97 Å². The zero-order valence-corrected chi connectivity index (χ0v) is 15.1. The molecule has 4 atom stereocenters. The maximum atomic E-state index is 12.9. The van der Waals surface area contributed by atoms with Crippen molar-refractivity contribution in [3.63, 3.8) is 0 Å². The van der Waals surface area contributed by atoms with Crippen molar-refractivity contribution in [1.29, 1.82) is 0 Å². The molecule has 0 saturated heterocycles. The molecule has 0 aliphatic heterocycles. The molecule has 9 nitrogen and oxygen atoms in total. The molecular formula is C16H29N5O4. The highest BCUT2D eigenvalue weighted by molar-refractivity contribution is 5.87. The first-order valence-corrected chi connectivity index (χ1v) is 8.58. The number of hydrogen-bond acceptors (Lipinski definition) is 4. The molecule has 9 heteroatoms. The van der Waals surface area contributed by atoms with E-state index in [2.05, 4.69) is 10.3 Å². The van der Waals surface area contributed by atoms with Crippen molar-refractivity contribution in [1.82, 2.24) is 10.2 Å². The van der Waals surface area contributed by atoms with Gasteiger partial charge in [-0.3, -0.25) is 14.4 Å². The Bertz CT molecular complexity index is 533. The van der Waals surface area contributed by atoms with Crippen molar-refractivity contribution in [3.8, 4) is 0 Å². The zero-order valence-electron chi connectivity index (χ0n) is 15.1. The number of guanidine groups is 1. The lowest BCUT2D eigenvalue weighted by atomic mass is 9.92. The molecule has 0 aromatic heterocycles. The summed E-state index contributed by atoms with van der Waals surface area (Å²) in [7, 11) is 0. The molecule has 1 fully saturated rings. The van der Waals surface area contributed by atoms with Crippen LogP contribution < -0.4 is 16.8 Å². The summed E-state index contributed by atoms with van der Waals surface area (Å²) in [4.78, 5) is 41.8. The zero-order chi connectivity index (χ0) is 19.1. The van der Waals surface area contributed by atoms with Crippen molar-refractivity contribution >= 4 is 23.7 Å². The Balaban J connectivity index is 3.16. The van der Waals surface area contributed by atoms with E-state index >= 15 is 0 Å². The lowest BCUT2D eigenvalue weighted by molar-refractivity contribution is -0.142. The van der Waals surface area contributed by atoms with Crippen LogP contribution in [0.1, 0.15) is 40.0 Å². The van der Waals surface area contributed by atoms with Gasteiger partial charge in [0.05, 0.1) is 12.0 Å². The lowest BCUT2D eigenvalue weighted by Crippen LogP contribution is -2.53. The van der Waals surface area contributed by atoms with Gasteiger partial charge in [-0.05, 0) is 26.2 Å². The number of carbonyl (C=O) groups excluding carboxylic acids is 2. The number of carbonyl (C=O) groups is 3. The highest BCUT2D eigenvalue weighted by Gasteiger charge is 2.45. The van der Waals surface area contributed by atoms with Crippen LogP contribution in [0.15, 0.2) is 4.99 Å². The van der Waals surface area contributed by atoms with E-state index in [-0.39, 0.29) is 30.6 Å². The third-order valence-corrected chi connectivity index (χ3v) is 4.48. The molecular weight excluding hydrogens is 326 g/mol. The van der Waals surface area contributed by atoms with Gasteiger partial charge in [0.25, 0.3) is 0 Å². The fourth-order valence-corrected chi connectivity index (χ4v) is 3.41. The first-order valence-electron chi connectivity index (χ1n) is 8.58. The summed E-state index contributed by atoms with van der Waals surface area (Å²) in [6.07, 6.45) is 1.25. The summed E-state index contributed by atoms with van der Waals surface area (Å²) in [5.74, 6) is -2.81. The van der Waals surface area contributed by atoms with Crippen LogP contribution >= 0.6 is 0 Å². The molecule has 6 N–H and O–H groups in total. The molecule has 1 aliphatic carbocycles. The van der Waals surface area contributed by atoms with Crippen LogP contribution in [0.4, 0.5) is 0 Å². The predicted octanol–water partition coefficient (Wildman–Crippen LogP) is -0.498. The van der Waals surface area contributed by atoms with Gasteiger partial charge < -0.3 is 26.8 Å². The average Bonchev–Trinajstić information content (AvgIpc) is 2.92. The number of carboxylic acid groups (broad SMARTS) is 1. The maximum absolute atomic E-state index is 12.9. The number of aliphatic imine (C=N–C) groups is 1. The molecule has 0 aromatic rings. The Kier molecular flexibility index (Phi) is 7.66. The molecule has 2 unspecified atom stereocenters. The first-order chi connectivity index (χ1) is 11.7. The highest BCUT2D eigenvalue weighted by Crippen LogP contribution is 2.36. The van der Waals surface area contributed by atoms with Crippen LogP contribution in [0.2, 0.25) is 0 Å². The van der Waals surface area contributed by atoms with Crippen LogP contribution in [0.25, 0.3) is 0 Å². The second-order valence-electron chi connectivity index (χ2n) is 6.39. The summed E-state index contributed by atoms with van der Waals surface area (Å²) in [5, 5.41) is 12.0. The van der Waals surface area contributed by atoms with Crippen LogP contribution in [0.3, 0.4) is 0 Å². The molecule has 1 rings (SSSR count). The van der Waals surface area contributed by atoms with Crippen LogP contribution in [0.5, 0.6) is 0 Å². The van der Waals surface area contributed by atoms with E-state index in [9.17, 15) is 19.5 Å². The molecule has 0 heterocycles. The normalized spacial score (nSPS) is 23.6. The summed E-state index contributed by atoms with van der Waals surface area (Å²) < 4.78 is 0. The van der Waals surface area contributed by atoms with E-state index < -0.39 is 29.9 Å². The highest BCUT2D eigenvalue weighted by atomic mass is 16.4. The monoisotopic (exact) mass is 355 g/mol. The van der Waals surface area contributed by atoms with Crippen LogP contribution in [0, 0.1) is 11.8 Å². The van der Waals surface area contributed by atoms with Gasteiger partial charge in [0, 0.05) is 25.9 Å². The average molecular weight is 355 g/mol. The van der Waals surface area contributed by atoms with Gasteiger partial charge in [-0.25, -0.2) is 4.99 Å². The number of amides is 2. The minimum Gasteiger partial charge on any atom is -0.481 e. The SMILES string of the molecule is CCCN(CC)C(=O)C(NC(C)=O)[C@H]1CC(C(=O)O)C[C@@H]1N=C(N)N. The molecule has 0 radical (unpaired) electrons. The van der Waals surface area contributed by atoms with E-state index in [0.29, 0.717) is 13.1 Å². The van der Waals surface area contributed by atoms with Gasteiger partial charge in [-0.15, -0.1) is 0 Å². The van der Waals surface area contributed by atoms with Crippen molar-refractivity contribution in [2.24, 2.45) is 28.3 Å². The van der Waals surface area contributed by atoms with Gasteiger partial charge in [-0.2, -0.15) is 0 Å². The topological polar surface area (TPSA) is 151 Å². The maximum Gasteiger partial charge on any atom is 0.306 e. The molecule has 0 aromatic carbocycles. The summed E-state index contributed by atoms with van der Waals surface area (Å²) >= 11 is 0. The van der Waals surface area contributed by atoms with Gasteiger partial charge in [-0.1, -0.05) is 6.92 Å². The van der Waals surface area contributed by atoms with E-state index in [4.69, 9.17) is 11.5 Å². The first kappa shape index (κ1) is 20.7. The quantitative estimate of drug-likeness (QED) is 0.340. The number of carboxylic acids is 1. The Labute approximate surface area is 147 Å². The summed E-state index contributed by atoms with van der Waals surface area (Å²) in [6, 6.07) is -1.37. The second kappa shape index (κ2) is 9.24. The Morgan fingerprint density at radius 2 is 1.92 bits per heavy atom. The minimum absolute atomic E-state index is 0.157.